The maximum absolute atomic E-state index is 12.9. The number of nitrogens with one attached hydrogen (secondary N) is 3. The van der Waals surface area contributed by atoms with Crippen LogP contribution in [0.4, 0.5) is 0 Å². The van der Waals surface area contributed by atoms with E-state index in [1.165, 1.54) is 6.92 Å². The Labute approximate surface area is 182 Å². The van der Waals surface area contributed by atoms with Crippen molar-refractivity contribution in [2.75, 3.05) is 13.6 Å². The Bertz CT molecular complexity index is 1050. The maximum Gasteiger partial charge on any atom is 0.268 e. The number of aromatic nitrogens is 3. The number of aryl methyl sites for hydroxylation is 1. The first-order chi connectivity index (χ1) is 13.8. The van der Waals surface area contributed by atoms with Crippen LogP contribution in [0.15, 0.2) is 24.3 Å². The first-order valence-electron chi connectivity index (χ1n) is 10.0. The average Bonchev–Trinajstić information content (AvgIpc) is 3.23. The van der Waals surface area contributed by atoms with Crippen molar-refractivity contribution in [3.05, 3.63) is 52.6 Å². The van der Waals surface area contributed by atoms with Gasteiger partial charge in [0.15, 0.2) is 5.78 Å². The fourth-order valence-electron chi connectivity index (χ4n) is 4.43. The molecule has 1 aromatic carbocycles. The molecule has 1 amide bonds. The lowest BCUT2D eigenvalue weighted by atomic mass is 9.96. The van der Waals surface area contributed by atoms with Crippen LogP contribution in [0, 0.1) is 13.8 Å². The Morgan fingerprint density at radius 2 is 1.93 bits per heavy atom. The molecular formula is C22H28ClN5O2. The molecule has 0 radical (unpaired) electrons. The molecule has 30 heavy (non-hydrogen) atoms. The molecule has 8 heteroatoms. The van der Waals surface area contributed by atoms with Crippen molar-refractivity contribution in [2.24, 2.45) is 0 Å². The molecule has 1 aliphatic heterocycles. The van der Waals surface area contributed by atoms with E-state index in [0.717, 1.165) is 41.9 Å². The smallest absolute Gasteiger partial charge is 0.268 e. The quantitative estimate of drug-likeness (QED) is 0.551. The molecule has 1 fully saturated rings. The van der Waals surface area contributed by atoms with E-state index in [4.69, 9.17) is 4.98 Å². The summed E-state index contributed by atoms with van der Waals surface area (Å²) in [6.45, 7) is 6.04. The van der Waals surface area contributed by atoms with Crippen molar-refractivity contribution >= 4 is 35.1 Å². The van der Waals surface area contributed by atoms with E-state index in [-0.39, 0.29) is 36.2 Å². The minimum absolute atomic E-state index is 0. The Hall–Kier alpha value is -2.64. The van der Waals surface area contributed by atoms with Crippen LogP contribution in [-0.4, -0.2) is 51.2 Å². The van der Waals surface area contributed by atoms with E-state index in [2.05, 4.69) is 27.2 Å². The number of fused-ring (bicyclic) bond motifs is 1. The predicted molar refractivity (Wildman–Crippen MR) is 119 cm³/mol. The lowest BCUT2D eigenvalue weighted by Gasteiger charge is -2.36. The fourth-order valence-corrected chi connectivity index (χ4v) is 4.43. The maximum atomic E-state index is 12.9. The second kappa shape index (κ2) is 8.62. The normalized spacial score (nSPS) is 19.5. The number of piperidine rings is 1. The summed E-state index contributed by atoms with van der Waals surface area (Å²) < 4.78 is 0. The molecule has 0 unspecified atom stereocenters. The van der Waals surface area contributed by atoms with Crippen molar-refractivity contribution in [2.45, 2.75) is 45.7 Å². The van der Waals surface area contributed by atoms with Gasteiger partial charge in [-0.2, -0.15) is 0 Å². The molecule has 2 atom stereocenters. The van der Waals surface area contributed by atoms with Gasteiger partial charge in [0.25, 0.3) is 5.91 Å². The molecule has 7 nitrogen and oxygen atoms in total. The molecule has 2 aromatic heterocycles. The number of Topliss-reactive ketones (excluding diaryl/α,β-unsaturated/α-hetero) is 1. The summed E-state index contributed by atoms with van der Waals surface area (Å²) in [6, 6.07) is 8.16. The molecule has 160 valence electrons. The summed E-state index contributed by atoms with van der Waals surface area (Å²) in [4.78, 5) is 38.3. The van der Waals surface area contributed by atoms with Gasteiger partial charge < -0.3 is 15.3 Å². The number of carbonyl (C=O) groups excluding carboxylic acids is 2. The number of rotatable bonds is 4. The van der Waals surface area contributed by atoms with E-state index in [0.29, 0.717) is 16.8 Å². The minimum Gasteiger partial charge on any atom is -0.354 e. The molecule has 1 aliphatic rings. The van der Waals surface area contributed by atoms with Crippen LogP contribution in [0.2, 0.25) is 0 Å². The Kier molecular flexibility index (Phi) is 6.33. The van der Waals surface area contributed by atoms with E-state index >= 15 is 0 Å². The van der Waals surface area contributed by atoms with Gasteiger partial charge in [0.1, 0.15) is 11.5 Å². The number of hydrogen-bond donors (Lipinski definition) is 3. The van der Waals surface area contributed by atoms with Gasteiger partial charge >= 0.3 is 0 Å². The van der Waals surface area contributed by atoms with Gasteiger partial charge in [0.05, 0.1) is 17.1 Å². The number of benzene rings is 1. The number of amides is 1. The van der Waals surface area contributed by atoms with Crippen LogP contribution in [0.1, 0.15) is 63.7 Å². The number of likely N-dealkylation sites (tertiary alicyclic amines) is 1. The summed E-state index contributed by atoms with van der Waals surface area (Å²) in [5.74, 6) is 0.744. The molecule has 4 rings (SSSR count). The van der Waals surface area contributed by atoms with E-state index in [1.54, 1.807) is 0 Å². The molecule has 0 spiro atoms. The zero-order valence-corrected chi connectivity index (χ0v) is 18.5. The Morgan fingerprint density at radius 3 is 2.60 bits per heavy atom. The zero-order valence-electron chi connectivity index (χ0n) is 17.7. The second-order valence-electron chi connectivity index (χ2n) is 8.01. The van der Waals surface area contributed by atoms with Gasteiger partial charge in [-0.1, -0.05) is 12.1 Å². The SMILES string of the molecule is CC(=O)c1c(C)[nH]c(C(=O)N[C@@H]2CCN(C)[C@@H](c3nc4ccccc4[nH]3)C2)c1C.Cl. The van der Waals surface area contributed by atoms with Crippen LogP contribution < -0.4 is 5.32 Å². The summed E-state index contributed by atoms with van der Waals surface area (Å²) in [5, 5.41) is 3.16. The number of ketones is 1. The Morgan fingerprint density at radius 1 is 1.20 bits per heavy atom. The third-order valence-electron chi connectivity index (χ3n) is 5.95. The van der Waals surface area contributed by atoms with E-state index in [9.17, 15) is 9.59 Å². The summed E-state index contributed by atoms with van der Waals surface area (Å²) >= 11 is 0. The van der Waals surface area contributed by atoms with E-state index < -0.39 is 0 Å². The highest BCUT2D eigenvalue weighted by Crippen LogP contribution is 2.30. The summed E-state index contributed by atoms with van der Waals surface area (Å²) in [6.07, 6.45) is 1.65. The average molecular weight is 430 g/mol. The number of para-hydroxylation sites is 2. The zero-order chi connectivity index (χ0) is 20.7. The standard InChI is InChI=1S/C22H27N5O2.ClH/c1-12-19(14(3)28)13(2)23-20(12)22(29)24-15-9-10-27(4)18(11-15)21-25-16-7-5-6-8-17(16)26-21;/h5-8,15,18,23H,9-11H2,1-4H3,(H,24,29)(H,25,26);1H/t15-,18-;/m1./s1. The van der Waals surface area contributed by atoms with Gasteiger partial charge in [-0.3, -0.25) is 14.5 Å². The third kappa shape index (κ3) is 4.00. The van der Waals surface area contributed by atoms with Crippen molar-refractivity contribution in [1.29, 1.82) is 0 Å². The van der Waals surface area contributed by atoms with Crippen molar-refractivity contribution < 1.29 is 9.59 Å². The van der Waals surface area contributed by atoms with Crippen molar-refractivity contribution in [1.82, 2.24) is 25.2 Å². The van der Waals surface area contributed by atoms with Gasteiger partial charge in [0, 0.05) is 23.8 Å². The summed E-state index contributed by atoms with van der Waals surface area (Å²) in [5.41, 5.74) is 4.52. The first kappa shape index (κ1) is 22.1. The largest absolute Gasteiger partial charge is 0.354 e. The molecule has 0 aliphatic carbocycles. The number of hydrogen-bond acceptors (Lipinski definition) is 4. The molecule has 3 heterocycles. The Balaban J connectivity index is 0.00000256. The lowest BCUT2D eigenvalue weighted by Crippen LogP contribution is -2.45. The minimum atomic E-state index is -0.156. The molecule has 0 saturated carbocycles. The van der Waals surface area contributed by atoms with Gasteiger partial charge in [-0.25, -0.2) is 4.98 Å². The van der Waals surface area contributed by atoms with Crippen molar-refractivity contribution in [3.8, 4) is 0 Å². The second-order valence-corrected chi connectivity index (χ2v) is 8.01. The van der Waals surface area contributed by atoms with Crippen LogP contribution in [0.5, 0.6) is 0 Å². The van der Waals surface area contributed by atoms with Crippen molar-refractivity contribution in [3.63, 3.8) is 0 Å². The number of halogens is 1. The number of imidazole rings is 1. The molecule has 3 aromatic rings. The molecule has 0 bridgehead atoms. The highest BCUT2D eigenvalue weighted by molar-refractivity contribution is 6.02. The van der Waals surface area contributed by atoms with Crippen LogP contribution in [0.25, 0.3) is 11.0 Å². The molecule has 1 saturated heterocycles. The molecular weight excluding hydrogens is 402 g/mol. The van der Waals surface area contributed by atoms with E-state index in [1.807, 2.05) is 38.1 Å². The highest BCUT2D eigenvalue weighted by Gasteiger charge is 2.31. The number of carbonyl (C=O) groups is 2. The summed E-state index contributed by atoms with van der Waals surface area (Å²) in [7, 11) is 2.09. The fraction of sp³-hybridized carbons (Fsp3) is 0.409. The first-order valence-corrected chi connectivity index (χ1v) is 10.0. The number of nitrogens with zero attached hydrogens (tertiary/aromatic N) is 2. The number of H-pyrrole nitrogens is 2. The monoisotopic (exact) mass is 429 g/mol. The van der Waals surface area contributed by atoms with Crippen LogP contribution in [0.3, 0.4) is 0 Å². The molecule has 3 N–H and O–H groups in total. The van der Waals surface area contributed by atoms with Crippen LogP contribution >= 0.6 is 12.4 Å². The van der Waals surface area contributed by atoms with Gasteiger partial charge in [0.2, 0.25) is 0 Å². The third-order valence-corrected chi connectivity index (χ3v) is 5.95. The van der Waals surface area contributed by atoms with Gasteiger partial charge in [-0.05, 0) is 58.4 Å². The van der Waals surface area contributed by atoms with Gasteiger partial charge in [-0.15, -0.1) is 12.4 Å². The van der Waals surface area contributed by atoms with Crippen LogP contribution in [-0.2, 0) is 0 Å². The highest BCUT2D eigenvalue weighted by atomic mass is 35.5. The topological polar surface area (TPSA) is 93.9 Å². The predicted octanol–water partition coefficient (Wildman–Crippen LogP) is 3.70. The lowest BCUT2D eigenvalue weighted by molar-refractivity contribution is 0.0879. The number of aromatic amines is 2.